The van der Waals surface area contributed by atoms with Crippen molar-refractivity contribution in [3.63, 3.8) is 0 Å². The lowest BCUT2D eigenvalue weighted by molar-refractivity contribution is 0.0816. The van der Waals surface area contributed by atoms with E-state index in [9.17, 15) is 4.79 Å². The summed E-state index contributed by atoms with van der Waals surface area (Å²) in [6, 6.07) is 17.5. The lowest BCUT2D eigenvalue weighted by Crippen LogP contribution is -2.35. The molecule has 0 spiro atoms. The minimum absolute atomic E-state index is 0.215. The number of nitrogens with zero attached hydrogens (tertiary/aromatic N) is 2. The number of aromatic amines is 1. The maximum absolute atomic E-state index is 12.7. The average molecular weight is 442 g/mol. The van der Waals surface area contributed by atoms with E-state index in [4.69, 9.17) is 4.74 Å². The monoisotopic (exact) mass is 441 g/mol. The third-order valence-electron chi connectivity index (χ3n) is 4.52. The molecule has 1 heterocycles. The van der Waals surface area contributed by atoms with Crippen LogP contribution < -0.4 is 0 Å². The number of aromatic nitrogens is 2. The Balaban J connectivity index is 1.70. The number of imidazole rings is 1. The van der Waals surface area contributed by atoms with Crippen LogP contribution in [0.15, 0.2) is 65.3 Å². The molecule has 0 unspecified atom stereocenters. The van der Waals surface area contributed by atoms with Gasteiger partial charge >= 0.3 is 6.09 Å². The van der Waals surface area contributed by atoms with Crippen molar-refractivity contribution in [1.29, 1.82) is 0 Å². The third kappa shape index (κ3) is 5.01. The molecule has 3 aromatic rings. The lowest BCUT2D eigenvalue weighted by Gasteiger charge is -2.27. The van der Waals surface area contributed by atoms with Crippen molar-refractivity contribution < 1.29 is 9.53 Å². The number of halogens is 1. The van der Waals surface area contributed by atoms with Crippen LogP contribution in [0.1, 0.15) is 37.7 Å². The van der Waals surface area contributed by atoms with E-state index >= 15 is 0 Å². The molecule has 0 saturated heterocycles. The number of benzene rings is 2. The van der Waals surface area contributed by atoms with E-state index in [1.807, 2.05) is 68.4 Å². The molecule has 1 aromatic heterocycles. The summed E-state index contributed by atoms with van der Waals surface area (Å²) < 4.78 is 6.56. The number of amides is 1. The van der Waals surface area contributed by atoms with E-state index in [1.54, 1.807) is 11.1 Å². The number of carbonyl (C=O) groups is 1. The molecular weight excluding hydrogens is 418 g/mol. The standard InChI is InChI=1S/C22H24BrN3O2/c1-3-13-26(22(27)28-15-17-7-5-4-6-8-17)16(2)21-24-14-20(25-21)18-9-11-19(23)12-10-18/h4-12,14,16H,3,13,15H2,1-2H3,(H,24,25)/t16-/m0/s1. The van der Waals surface area contributed by atoms with Gasteiger partial charge in [-0.25, -0.2) is 9.78 Å². The van der Waals surface area contributed by atoms with Gasteiger partial charge in [-0.2, -0.15) is 0 Å². The Labute approximate surface area is 173 Å². The summed E-state index contributed by atoms with van der Waals surface area (Å²) in [6.07, 6.45) is 2.30. The highest BCUT2D eigenvalue weighted by atomic mass is 79.9. The van der Waals surface area contributed by atoms with Gasteiger partial charge in [0, 0.05) is 11.0 Å². The van der Waals surface area contributed by atoms with Gasteiger partial charge in [0.15, 0.2) is 0 Å². The molecule has 0 radical (unpaired) electrons. The first-order chi connectivity index (χ1) is 13.6. The number of H-pyrrole nitrogens is 1. The zero-order chi connectivity index (χ0) is 19.9. The van der Waals surface area contributed by atoms with Crippen molar-refractivity contribution in [3.05, 3.63) is 76.7 Å². The summed E-state index contributed by atoms with van der Waals surface area (Å²) >= 11 is 3.45. The Morgan fingerprint density at radius 3 is 2.57 bits per heavy atom. The molecule has 28 heavy (non-hydrogen) atoms. The number of carbonyl (C=O) groups excluding carboxylic acids is 1. The van der Waals surface area contributed by atoms with Crippen LogP contribution in [0.3, 0.4) is 0 Å². The zero-order valence-electron chi connectivity index (χ0n) is 16.1. The summed E-state index contributed by atoms with van der Waals surface area (Å²) in [5.74, 6) is 0.739. The molecule has 1 atom stereocenters. The molecule has 0 fully saturated rings. The van der Waals surface area contributed by atoms with E-state index in [2.05, 4.69) is 25.9 Å². The summed E-state index contributed by atoms with van der Waals surface area (Å²) in [7, 11) is 0. The molecule has 5 nitrogen and oxygen atoms in total. The number of rotatable bonds is 7. The molecule has 6 heteroatoms. The molecule has 2 aromatic carbocycles. The summed E-state index contributed by atoms with van der Waals surface area (Å²) in [5.41, 5.74) is 2.93. The maximum atomic E-state index is 12.7. The zero-order valence-corrected chi connectivity index (χ0v) is 17.6. The molecular formula is C22H24BrN3O2. The normalized spacial score (nSPS) is 11.8. The largest absolute Gasteiger partial charge is 0.445 e. The molecule has 0 aliphatic rings. The van der Waals surface area contributed by atoms with Gasteiger partial charge in [0.25, 0.3) is 0 Å². The SMILES string of the molecule is CCCN(C(=O)OCc1ccccc1)[C@@H](C)c1ncc(-c2ccc(Br)cc2)[nH]1. The first-order valence-corrected chi connectivity index (χ1v) is 10.2. The smallest absolute Gasteiger partial charge is 0.410 e. The molecule has 0 bridgehead atoms. The van der Waals surface area contributed by atoms with Crippen LogP contribution in [0.4, 0.5) is 4.79 Å². The van der Waals surface area contributed by atoms with Gasteiger partial charge in [0.1, 0.15) is 12.4 Å². The highest BCUT2D eigenvalue weighted by Gasteiger charge is 2.24. The first kappa shape index (κ1) is 20.1. The maximum Gasteiger partial charge on any atom is 0.410 e. The van der Waals surface area contributed by atoms with E-state index in [-0.39, 0.29) is 18.7 Å². The fourth-order valence-electron chi connectivity index (χ4n) is 2.96. The van der Waals surface area contributed by atoms with Crippen LogP contribution in [0.5, 0.6) is 0 Å². The van der Waals surface area contributed by atoms with Crippen molar-refractivity contribution >= 4 is 22.0 Å². The molecule has 1 amide bonds. The van der Waals surface area contributed by atoms with Crippen molar-refractivity contribution in [2.24, 2.45) is 0 Å². The second-order valence-corrected chi connectivity index (χ2v) is 7.51. The van der Waals surface area contributed by atoms with Crippen molar-refractivity contribution in [2.75, 3.05) is 6.54 Å². The predicted octanol–water partition coefficient (Wildman–Crippen LogP) is 5.95. The number of hydrogen-bond donors (Lipinski definition) is 1. The van der Waals surface area contributed by atoms with Gasteiger partial charge in [-0.15, -0.1) is 0 Å². The van der Waals surface area contributed by atoms with Crippen LogP contribution in [0.2, 0.25) is 0 Å². The van der Waals surface area contributed by atoms with E-state index in [0.29, 0.717) is 6.54 Å². The molecule has 0 saturated carbocycles. The minimum Gasteiger partial charge on any atom is -0.445 e. The number of nitrogens with one attached hydrogen (secondary N) is 1. The average Bonchev–Trinajstić information content (AvgIpc) is 3.21. The second kappa shape index (κ2) is 9.55. The Kier molecular flexibility index (Phi) is 6.87. The second-order valence-electron chi connectivity index (χ2n) is 6.60. The highest BCUT2D eigenvalue weighted by Crippen LogP contribution is 2.24. The van der Waals surface area contributed by atoms with Gasteiger partial charge in [0.2, 0.25) is 0 Å². The number of ether oxygens (including phenoxy) is 1. The fraction of sp³-hybridized carbons (Fsp3) is 0.273. The topological polar surface area (TPSA) is 58.2 Å². The van der Waals surface area contributed by atoms with E-state index in [1.165, 1.54) is 0 Å². The molecule has 0 aliphatic carbocycles. The fourth-order valence-corrected chi connectivity index (χ4v) is 3.22. The van der Waals surface area contributed by atoms with Crippen LogP contribution in [-0.4, -0.2) is 27.5 Å². The van der Waals surface area contributed by atoms with Crippen LogP contribution in [-0.2, 0) is 11.3 Å². The van der Waals surface area contributed by atoms with Gasteiger partial charge in [-0.1, -0.05) is 65.3 Å². The summed E-state index contributed by atoms with van der Waals surface area (Å²) in [5, 5.41) is 0. The van der Waals surface area contributed by atoms with E-state index in [0.717, 1.165) is 33.5 Å². The Morgan fingerprint density at radius 2 is 1.89 bits per heavy atom. The lowest BCUT2D eigenvalue weighted by atomic mass is 10.2. The third-order valence-corrected chi connectivity index (χ3v) is 5.05. The van der Waals surface area contributed by atoms with Crippen LogP contribution in [0.25, 0.3) is 11.3 Å². The summed E-state index contributed by atoms with van der Waals surface area (Å²) in [4.78, 5) is 22.3. The Hall–Kier alpha value is -2.60. The predicted molar refractivity (Wildman–Crippen MR) is 114 cm³/mol. The molecule has 1 N–H and O–H groups in total. The number of hydrogen-bond acceptors (Lipinski definition) is 3. The van der Waals surface area contributed by atoms with Crippen LogP contribution in [0, 0.1) is 0 Å². The van der Waals surface area contributed by atoms with Crippen molar-refractivity contribution in [3.8, 4) is 11.3 Å². The summed E-state index contributed by atoms with van der Waals surface area (Å²) in [6.45, 7) is 4.86. The van der Waals surface area contributed by atoms with Gasteiger partial charge in [-0.05, 0) is 36.6 Å². The quantitative estimate of drug-likeness (QED) is 0.492. The highest BCUT2D eigenvalue weighted by molar-refractivity contribution is 9.10. The molecule has 146 valence electrons. The van der Waals surface area contributed by atoms with Crippen LogP contribution >= 0.6 is 15.9 Å². The van der Waals surface area contributed by atoms with Gasteiger partial charge in [-0.3, -0.25) is 4.90 Å². The van der Waals surface area contributed by atoms with Gasteiger partial charge in [0.05, 0.1) is 17.9 Å². The minimum atomic E-state index is -0.334. The van der Waals surface area contributed by atoms with E-state index < -0.39 is 0 Å². The Bertz CT molecular complexity index is 894. The molecule has 0 aliphatic heterocycles. The molecule has 3 rings (SSSR count). The first-order valence-electron chi connectivity index (χ1n) is 9.36. The Morgan fingerprint density at radius 1 is 1.18 bits per heavy atom. The van der Waals surface area contributed by atoms with Gasteiger partial charge < -0.3 is 9.72 Å². The van der Waals surface area contributed by atoms with Crippen molar-refractivity contribution in [1.82, 2.24) is 14.9 Å². The van der Waals surface area contributed by atoms with Crippen molar-refractivity contribution in [2.45, 2.75) is 32.9 Å².